The molecule has 12 nitrogen and oxygen atoms in total. The van der Waals surface area contributed by atoms with Gasteiger partial charge in [0.15, 0.2) is 4.80 Å². The monoisotopic (exact) mass is 605 g/mol. The van der Waals surface area contributed by atoms with Gasteiger partial charge in [0.25, 0.3) is 11.2 Å². The summed E-state index contributed by atoms with van der Waals surface area (Å²) in [5.74, 6) is 0.911. The van der Waals surface area contributed by atoms with E-state index in [-0.39, 0.29) is 35.8 Å². The van der Waals surface area contributed by atoms with Crippen LogP contribution in [0.1, 0.15) is 24.3 Å². The van der Waals surface area contributed by atoms with Crippen LogP contribution in [0, 0.1) is 10.1 Å². The summed E-state index contributed by atoms with van der Waals surface area (Å²) in [4.78, 5) is 42.9. The molecule has 0 saturated heterocycles. The van der Waals surface area contributed by atoms with Gasteiger partial charge in [0.2, 0.25) is 0 Å². The first-order valence-electron chi connectivity index (χ1n) is 13.0. The molecule has 2 aromatic heterocycles. The minimum Gasteiger partial charge on any atom is -0.496 e. The second kappa shape index (κ2) is 12.5. The Morgan fingerprint density at radius 1 is 1.09 bits per heavy atom. The fourth-order valence-electron chi connectivity index (χ4n) is 4.77. The van der Waals surface area contributed by atoms with E-state index in [2.05, 4.69) is 4.99 Å². The van der Waals surface area contributed by atoms with Crippen LogP contribution in [0.5, 0.6) is 11.5 Å². The lowest BCUT2D eigenvalue weighted by Crippen LogP contribution is -2.40. The van der Waals surface area contributed by atoms with Crippen LogP contribution >= 0.6 is 11.3 Å². The number of rotatable bonds is 10. The van der Waals surface area contributed by atoms with Gasteiger partial charge in [-0.2, -0.15) is 0 Å². The Kier molecular flexibility index (Phi) is 8.55. The highest BCUT2D eigenvalue weighted by molar-refractivity contribution is 7.07. The second-order valence-electron chi connectivity index (χ2n) is 9.30. The SMILES string of the molecule is COCCOC(=O)C1=C(C)N=c2sc(=Cc3ccc(-c4ccc([N+](=O)[O-])cc4OC)o3)c(=O)n2C1c1ccccc1OC. The van der Waals surface area contributed by atoms with Gasteiger partial charge in [-0.15, -0.1) is 0 Å². The molecule has 0 fully saturated rings. The molecule has 0 saturated carbocycles. The molecule has 5 rings (SSSR count). The van der Waals surface area contributed by atoms with E-state index in [1.54, 1.807) is 49.4 Å². The maximum Gasteiger partial charge on any atom is 0.338 e. The number of methoxy groups -OCH3 is 3. The molecule has 0 amide bonds. The summed E-state index contributed by atoms with van der Waals surface area (Å²) in [5.41, 5.74) is 1.23. The Labute approximate surface area is 248 Å². The number of fused-ring (bicyclic) bond motifs is 1. The first-order chi connectivity index (χ1) is 20.8. The lowest BCUT2D eigenvalue weighted by atomic mass is 9.95. The Hall–Kier alpha value is -5.01. The fourth-order valence-corrected chi connectivity index (χ4v) is 5.79. The molecule has 1 aliphatic rings. The van der Waals surface area contributed by atoms with Gasteiger partial charge >= 0.3 is 5.97 Å². The van der Waals surface area contributed by atoms with Crippen molar-refractivity contribution < 1.29 is 33.1 Å². The number of allylic oxidation sites excluding steroid dienone is 1. The van der Waals surface area contributed by atoms with Gasteiger partial charge in [-0.3, -0.25) is 19.5 Å². The van der Waals surface area contributed by atoms with Gasteiger partial charge in [-0.25, -0.2) is 9.79 Å². The van der Waals surface area contributed by atoms with Crippen molar-refractivity contribution in [2.75, 3.05) is 34.5 Å². The number of non-ortho nitro benzene ring substituents is 1. The van der Waals surface area contributed by atoms with Crippen LogP contribution in [0.2, 0.25) is 0 Å². The Morgan fingerprint density at radius 2 is 1.86 bits per heavy atom. The van der Waals surface area contributed by atoms with Gasteiger partial charge in [0.1, 0.15) is 35.7 Å². The summed E-state index contributed by atoms with van der Waals surface area (Å²) in [6, 6.07) is 13.9. The highest BCUT2D eigenvalue weighted by Crippen LogP contribution is 2.36. The fraction of sp³-hybridized carbons (Fsp3) is 0.233. The predicted molar refractivity (Wildman–Crippen MR) is 157 cm³/mol. The minimum atomic E-state index is -0.860. The first kappa shape index (κ1) is 29.5. The van der Waals surface area contributed by atoms with Gasteiger partial charge in [-0.05, 0) is 31.2 Å². The number of nitrogens with zero attached hydrogens (tertiary/aromatic N) is 3. The van der Waals surface area contributed by atoms with Crippen LogP contribution in [0.25, 0.3) is 17.4 Å². The summed E-state index contributed by atoms with van der Waals surface area (Å²) in [7, 11) is 4.44. The van der Waals surface area contributed by atoms with E-state index in [1.807, 2.05) is 0 Å². The number of furan rings is 1. The molecule has 0 radical (unpaired) electrons. The zero-order valence-electron chi connectivity index (χ0n) is 23.7. The molecular weight excluding hydrogens is 578 g/mol. The first-order valence-corrected chi connectivity index (χ1v) is 13.8. The third kappa shape index (κ3) is 5.72. The average molecular weight is 606 g/mol. The largest absolute Gasteiger partial charge is 0.496 e. The lowest BCUT2D eigenvalue weighted by Gasteiger charge is -2.26. The number of thiazole rings is 1. The Morgan fingerprint density at radius 3 is 2.58 bits per heavy atom. The number of aromatic nitrogens is 1. The summed E-state index contributed by atoms with van der Waals surface area (Å²) in [5, 5.41) is 11.2. The number of esters is 1. The molecule has 1 unspecified atom stereocenters. The highest BCUT2D eigenvalue weighted by atomic mass is 32.1. The zero-order valence-corrected chi connectivity index (χ0v) is 24.5. The summed E-state index contributed by atoms with van der Waals surface area (Å²) >= 11 is 1.15. The van der Waals surface area contributed by atoms with Gasteiger partial charge in [0, 0.05) is 24.8 Å². The molecular formula is C30H27N3O9S. The van der Waals surface area contributed by atoms with Crippen molar-refractivity contribution in [3.63, 3.8) is 0 Å². The van der Waals surface area contributed by atoms with E-state index < -0.39 is 16.9 Å². The number of hydrogen-bond acceptors (Lipinski definition) is 11. The van der Waals surface area contributed by atoms with Crippen molar-refractivity contribution in [2.45, 2.75) is 13.0 Å². The number of nitro benzene ring substituents is 1. The van der Waals surface area contributed by atoms with E-state index >= 15 is 0 Å². The molecule has 2 aromatic carbocycles. The van der Waals surface area contributed by atoms with E-state index in [0.717, 1.165) is 11.3 Å². The van der Waals surface area contributed by atoms with Crippen molar-refractivity contribution in [3.8, 4) is 22.8 Å². The maximum absolute atomic E-state index is 13.9. The summed E-state index contributed by atoms with van der Waals surface area (Å²) in [6.45, 7) is 1.95. The minimum absolute atomic E-state index is 0.0373. The number of para-hydroxylation sites is 1. The molecule has 0 aliphatic carbocycles. The van der Waals surface area contributed by atoms with E-state index in [0.29, 0.717) is 43.4 Å². The Bertz CT molecular complexity index is 1920. The molecule has 4 aromatic rings. The maximum atomic E-state index is 13.9. The topological polar surface area (TPSA) is 145 Å². The lowest BCUT2D eigenvalue weighted by molar-refractivity contribution is -0.384. The van der Waals surface area contributed by atoms with Gasteiger partial charge in [-0.1, -0.05) is 29.5 Å². The third-order valence-corrected chi connectivity index (χ3v) is 7.74. The van der Waals surface area contributed by atoms with Crippen molar-refractivity contribution >= 4 is 29.1 Å². The smallest absolute Gasteiger partial charge is 0.338 e. The second-order valence-corrected chi connectivity index (χ2v) is 10.3. The van der Waals surface area contributed by atoms with Crippen molar-refractivity contribution in [3.05, 3.63) is 107 Å². The Balaban J connectivity index is 1.61. The third-order valence-electron chi connectivity index (χ3n) is 6.76. The van der Waals surface area contributed by atoms with Crippen LogP contribution in [-0.4, -0.2) is 50.0 Å². The van der Waals surface area contributed by atoms with Gasteiger partial charge < -0.3 is 23.4 Å². The number of carbonyl (C=O) groups excluding carboxylic acids is 1. The van der Waals surface area contributed by atoms with Crippen LogP contribution in [-0.2, 0) is 14.3 Å². The number of benzene rings is 2. The van der Waals surface area contributed by atoms with Crippen LogP contribution in [0.4, 0.5) is 5.69 Å². The van der Waals surface area contributed by atoms with Crippen molar-refractivity contribution in [1.29, 1.82) is 0 Å². The van der Waals surface area contributed by atoms with Crippen LogP contribution in [0.15, 0.2) is 80.1 Å². The quantitative estimate of drug-likeness (QED) is 0.115. The molecule has 43 heavy (non-hydrogen) atoms. The molecule has 1 aliphatic heterocycles. The number of ether oxygens (including phenoxy) is 4. The standard InChI is InChI=1S/C30H27N3O9S/c1-17-26(29(35)41-14-13-38-2)27(21-7-5-6-8-22(21)39-3)32-28(34)25(43-30(32)31-17)16-19-10-12-23(42-19)20-11-9-18(33(36)37)15-24(20)40-4/h5-12,15-16,27H,13-14H2,1-4H3. The predicted octanol–water partition coefficient (Wildman–Crippen LogP) is 3.61. The van der Waals surface area contributed by atoms with Crippen molar-refractivity contribution in [2.24, 2.45) is 4.99 Å². The van der Waals surface area contributed by atoms with E-state index in [4.69, 9.17) is 23.4 Å². The normalized spacial score (nSPS) is 14.7. The molecule has 222 valence electrons. The average Bonchev–Trinajstić information content (AvgIpc) is 3.59. The van der Waals surface area contributed by atoms with Gasteiger partial charge in [0.05, 0.1) is 53.2 Å². The molecule has 0 spiro atoms. The number of hydrogen-bond donors (Lipinski definition) is 0. The summed E-state index contributed by atoms with van der Waals surface area (Å²) in [6.07, 6.45) is 1.58. The number of nitro groups is 1. The molecule has 0 bridgehead atoms. The summed E-state index contributed by atoms with van der Waals surface area (Å²) < 4.78 is 29.2. The van der Waals surface area contributed by atoms with Crippen LogP contribution < -0.4 is 24.4 Å². The van der Waals surface area contributed by atoms with E-state index in [1.165, 1.54) is 44.1 Å². The van der Waals surface area contributed by atoms with Crippen molar-refractivity contribution in [1.82, 2.24) is 4.57 Å². The molecule has 1 atom stereocenters. The number of carbonyl (C=O) groups is 1. The highest BCUT2D eigenvalue weighted by Gasteiger charge is 2.35. The molecule has 0 N–H and O–H groups in total. The molecule has 13 heteroatoms. The molecule has 3 heterocycles. The zero-order chi connectivity index (χ0) is 30.7. The van der Waals surface area contributed by atoms with Crippen LogP contribution in [0.3, 0.4) is 0 Å². The van der Waals surface area contributed by atoms with E-state index in [9.17, 15) is 19.7 Å².